The first-order valence-corrected chi connectivity index (χ1v) is 14.7. The van der Waals surface area contributed by atoms with Crippen molar-refractivity contribution in [2.75, 3.05) is 31.6 Å². The van der Waals surface area contributed by atoms with Crippen LogP contribution < -0.4 is 5.32 Å². The Morgan fingerprint density at radius 3 is 2.71 bits per heavy atom. The van der Waals surface area contributed by atoms with Gasteiger partial charge in [0, 0.05) is 49.9 Å². The van der Waals surface area contributed by atoms with Crippen LogP contribution in [0.2, 0.25) is 0 Å². The first-order chi connectivity index (χ1) is 19.6. The van der Waals surface area contributed by atoms with Gasteiger partial charge in [-0.3, -0.25) is 9.58 Å². The average Bonchev–Trinajstić information content (AvgIpc) is 3.25. The van der Waals surface area contributed by atoms with Crippen molar-refractivity contribution in [3.05, 3.63) is 52.8 Å². The lowest BCUT2D eigenvalue weighted by molar-refractivity contribution is -0.168. The lowest BCUT2D eigenvalue weighted by Gasteiger charge is -2.43. The van der Waals surface area contributed by atoms with Gasteiger partial charge >= 0.3 is 5.97 Å². The predicted octanol–water partition coefficient (Wildman–Crippen LogP) is 5.76. The fourth-order valence-electron chi connectivity index (χ4n) is 5.74. The maximum absolute atomic E-state index is 13.7. The zero-order chi connectivity index (χ0) is 29.1. The van der Waals surface area contributed by atoms with Crippen LogP contribution in [0.25, 0.3) is 10.9 Å². The van der Waals surface area contributed by atoms with Crippen LogP contribution in [0.3, 0.4) is 0 Å². The molecule has 1 unspecified atom stereocenters. The van der Waals surface area contributed by atoms with E-state index in [-0.39, 0.29) is 11.8 Å². The SMILES string of the molecule is Cn1nc(C(F)F)c2cccc(C(C(=O)OC(C)(C)C)N3CC(OCCCCCc4ccc5c(n4)NCCC5)C3)c21. The first-order valence-electron chi connectivity index (χ1n) is 14.7. The summed E-state index contributed by atoms with van der Waals surface area (Å²) in [6.45, 7) is 8.24. The molecule has 8 nitrogen and oxygen atoms in total. The van der Waals surface area contributed by atoms with E-state index < -0.39 is 24.0 Å². The number of aryl methyl sites for hydroxylation is 3. The van der Waals surface area contributed by atoms with E-state index in [0.717, 1.165) is 56.6 Å². The van der Waals surface area contributed by atoms with Crippen LogP contribution in [0.4, 0.5) is 14.6 Å². The molecule has 1 N–H and O–H groups in total. The van der Waals surface area contributed by atoms with Crippen molar-refractivity contribution in [2.24, 2.45) is 7.05 Å². The highest BCUT2D eigenvalue weighted by Crippen LogP contribution is 2.36. The molecule has 1 aromatic carbocycles. The third-order valence-electron chi connectivity index (χ3n) is 7.68. The second-order valence-electron chi connectivity index (χ2n) is 12.1. The second-order valence-corrected chi connectivity index (χ2v) is 12.1. The number of carbonyl (C=O) groups is 1. The van der Waals surface area contributed by atoms with Crippen molar-refractivity contribution in [2.45, 2.75) is 83.5 Å². The number of esters is 1. The number of fused-ring (bicyclic) bond motifs is 2. The van der Waals surface area contributed by atoms with Crippen LogP contribution in [0.5, 0.6) is 0 Å². The third-order valence-corrected chi connectivity index (χ3v) is 7.68. The Labute approximate surface area is 240 Å². The molecule has 1 saturated heterocycles. The number of aromatic nitrogens is 3. The number of pyridine rings is 1. The highest BCUT2D eigenvalue weighted by atomic mass is 19.3. The van der Waals surface area contributed by atoms with Crippen LogP contribution in [0, 0.1) is 0 Å². The number of unbranched alkanes of at least 4 members (excludes halogenated alkanes) is 2. The van der Waals surface area contributed by atoms with E-state index in [1.54, 1.807) is 25.2 Å². The minimum atomic E-state index is -2.71. The predicted molar refractivity (Wildman–Crippen MR) is 154 cm³/mol. The summed E-state index contributed by atoms with van der Waals surface area (Å²) in [5, 5.41) is 7.80. The van der Waals surface area contributed by atoms with Crippen LogP contribution in [0.1, 0.15) is 81.4 Å². The molecule has 4 heterocycles. The van der Waals surface area contributed by atoms with E-state index >= 15 is 0 Å². The summed E-state index contributed by atoms with van der Waals surface area (Å²) in [4.78, 5) is 20.2. The van der Waals surface area contributed by atoms with Crippen LogP contribution in [-0.2, 0) is 34.2 Å². The van der Waals surface area contributed by atoms with Gasteiger partial charge in [0.05, 0.1) is 11.6 Å². The molecule has 1 fully saturated rings. The molecule has 2 aliphatic rings. The van der Waals surface area contributed by atoms with Crippen molar-refractivity contribution in [3.8, 4) is 0 Å². The smallest absolute Gasteiger partial charge is 0.328 e. The number of anilines is 1. The topological polar surface area (TPSA) is 81.5 Å². The van der Waals surface area contributed by atoms with Gasteiger partial charge in [0.1, 0.15) is 23.2 Å². The summed E-state index contributed by atoms with van der Waals surface area (Å²) < 4.78 is 40.6. The Morgan fingerprint density at radius 2 is 1.95 bits per heavy atom. The fraction of sp³-hybridized carbons (Fsp3) is 0.581. The number of nitrogens with zero attached hydrogens (tertiary/aromatic N) is 4. The molecule has 0 amide bonds. The van der Waals surface area contributed by atoms with E-state index in [1.807, 2.05) is 25.7 Å². The van der Waals surface area contributed by atoms with Gasteiger partial charge in [-0.05, 0) is 64.5 Å². The van der Waals surface area contributed by atoms with E-state index in [1.165, 1.54) is 10.2 Å². The minimum absolute atomic E-state index is 0.00990. The normalized spacial score (nSPS) is 16.9. The number of alkyl halides is 2. The van der Waals surface area contributed by atoms with Crippen molar-refractivity contribution < 1.29 is 23.0 Å². The van der Waals surface area contributed by atoms with Gasteiger partial charge in [-0.2, -0.15) is 5.10 Å². The first kappa shape index (κ1) is 29.4. The van der Waals surface area contributed by atoms with Crippen LogP contribution >= 0.6 is 0 Å². The summed E-state index contributed by atoms with van der Waals surface area (Å²) in [6, 6.07) is 8.73. The number of halogens is 2. The van der Waals surface area contributed by atoms with Crippen LogP contribution in [0.15, 0.2) is 30.3 Å². The van der Waals surface area contributed by atoms with Gasteiger partial charge in [0.2, 0.25) is 0 Å². The zero-order valence-electron chi connectivity index (χ0n) is 24.5. The number of ether oxygens (including phenoxy) is 2. The Bertz CT molecular complexity index is 1360. The van der Waals surface area contributed by atoms with Crippen molar-refractivity contribution in [1.29, 1.82) is 0 Å². The molecule has 41 heavy (non-hydrogen) atoms. The molecule has 2 aromatic heterocycles. The van der Waals surface area contributed by atoms with Gasteiger partial charge in [-0.1, -0.05) is 30.7 Å². The van der Waals surface area contributed by atoms with Gasteiger partial charge in [0.25, 0.3) is 6.43 Å². The zero-order valence-corrected chi connectivity index (χ0v) is 24.5. The molecule has 0 aliphatic carbocycles. The molecule has 222 valence electrons. The molecule has 0 bridgehead atoms. The molecular formula is C31H41F2N5O3. The van der Waals surface area contributed by atoms with E-state index in [9.17, 15) is 13.6 Å². The van der Waals surface area contributed by atoms with Crippen molar-refractivity contribution in [3.63, 3.8) is 0 Å². The summed E-state index contributed by atoms with van der Waals surface area (Å²) in [5.74, 6) is 0.639. The number of para-hydroxylation sites is 1. The van der Waals surface area contributed by atoms with Gasteiger partial charge in [-0.15, -0.1) is 0 Å². The minimum Gasteiger partial charge on any atom is -0.459 e. The molecule has 0 spiro atoms. The Kier molecular flexibility index (Phi) is 8.89. The monoisotopic (exact) mass is 569 g/mol. The molecule has 5 rings (SSSR count). The van der Waals surface area contributed by atoms with Gasteiger partial charge in [0.15, 0.2) is 0 Å². The van der Waals surface area contributed by atoms with E-state index in [0.29, 0.717) is 36.2 Å². The van der Waals surface area contributed by atoms with Crippen molar-refractivity contribution >= 4 is 22.7 Å². The lowest BCUT2D eigenvalue weighted by Crippen LogP contribution is -2.55. The molecule has 10 heteroatoms. The molecule has 2 aliphatic heterocycles. The quantitative estimate of drug-likeness (QED) is 0.232. The number of rotatable bonds is 11. The number of hydrogen-bond acceptors (Lipinski definition) is 7. The average molecular weight is 570 g/mol. The number of nitrogens with one attached hydrogen (secondary N) is 1. The number of carbonyl (C=O) groups excluding carboxylic acids is 1. The van der Waals surface area contributed by atoms with E-state index in [2.05, 4.69) is 22.5 Å². The third kappa shape index (κ3) is 6.86. The van der Waals surface area contributed by atoms with Gasteiger partial charge in [-0.25, -0.2) is 18.6 Å². The maximum atomic E-state index is 13.7. The largest absolute Gasteiger partial charge is 0.459 e. The Morgan fingerprint density at radius 1 is 1.15 bits per heavy atom. The molecule has 1 atom stereocenters. The van der Waals surface area contributed by atoms with Gasteiger partial charge < -0.3 is 14.8 Å². The lowest BCUT2D eigenvalue weighted by atomic mass is 9.97. The molecular weight excluding hydrogens is 528 g/mol. The highest BCUT2D eigenvalue weighted by Gasteiger charge is 2.41. The maximum Gasteiger partial charge on any atom is 0.328 e. The Balaban J connectivity index is 1.15. The summed E-state index contributed by atoms with van der Waals surface area (Å²) >= 11 is 0. The molecule has 0 radical (unpaired) electrons. The highest BCUT2D eigenvalue weighted by molar-refractivity contribution is 5.90. The summed E-state index contributed by atoms with van der Waals surface area (Å²) in [6.07, 6.45) is 3.59. The summed E-state index contributed by atoms with van der Waals surface area (Å²) in [7, 11) is 1.63. The number of benzene rings is 1. The fourth-order valence-corrected chi connectivity index (χ4v) is 5.74. The number of likely N-dealkylation sites (tertiary alicyclic amines) is 1. The second kappa shape index (κ2) is 12.4. The number of hydrogen-bond donors (Lipinski definition) is 1. The molecule has 0 saturated carbocycles. The summed E-state index contributed by atoms with van der Waals surface area (Å²) in [5.41, 5.74) is 2.61. The van der Waals surface area contributed by atoms with Crippen LogP contribution in [-0.4, -0.2) is 63.6 Å². The van der Waals surface area contributed by atoms with E-state index in [4.69, 9.17) is 14.5 Å². The van der Waals surface area contributed by atoms with Crippen molar-refractivity contribution in [1.82, 2.24) is 19.7 Å². The standard InChI is InChI=1S/C31H41F2N5O3/c1-31(2,3)41-30(39)27(24-13-8-12-23-25(28(32)33)36-37(4)26(23)24)38-18-22(19-38)40-17-7-5-6-11-21-15-14-20-10-9-16-34-29(20)35-21/h8,12-15,22,27-28H,5-7,9-11,16-19H2,1-4H3,(H,34,35). The Hall–Kier alpha value is -3.11. The molecule has 3 aromatic rings.